The number of benzene rings is 1. The van der Waals surface area contributed by atoms with Crippen molar-refractivity contribution in [2.45, 2.75) is 39.8 Å². The molecule has 2 rings (SSSR count). The highest BCUT2D eigenvalue weighted by Crippen LogP contribution is 2.40. The number of ether oxygens (including phenoxy) is 4. The summed E-state index contributed by atoms with van der Waals surface area (Å²) in [7, 11) is 4.66. The van der Waals surface area contributed by atoms with Crippen molar-refractivity contribution < 1.29 is 28.6 Å². The Balaban J connectivity index is 2.15. The molecule has 0 amide bonds. The molecule has 0 aliphatic carbocycles. The fraction of sp³-hybridized carbons (Fsp3) is 0.636. The van der Waals surface area contributed by atoms with Crippen molar-refractivity contribution in [1.82, 2.24) is 15.5 Å². The smallest absolute Gasteiger partial charge is 0.244 e. The molecule has 31 heavy (non-hydrogen) atoms. The lowest BCUT2D eigenvalue weighted by molar-refractivity contribution is 0.0237. The molecule has 0 fully saturated rings. The summed E-state index contributed by atoms with van der Waals surface area (Å²) in [6, 6.07) is 3.32. The molecular formula is C22H35N3O6. The van der Waals surface area contributed by atoms with Crippen LogP contribution in [-0.4, -0.2) is 62.4 Å². The van der Waals surface area contributed by atoms with Crippen LogP contribution in [-0.2, 0) is 4.74 Å². The van der Waals surface area contributed by atoms with Crippen LogP contribution in [0, 0.1) is 11.8 Å². The molecule has 0 saturated carbocycles. The number of aliphatic hydroxyl groups excluding tert-OH is 1. The summed E-state index contributed by atoms with van der Waals surface area (Å²) in [6.45, 7) is 9.47. The monoisotopic (exact) mass is 437 g/mol. The molecule has 1 aromatic carbocycles. The van der Waals surface area contributed by atoms with Gasteiger partial charge in [0.2, 0.25) is 17.5 Å². The van der Waals surface area contributed by atoms with Crippen LogP contribution >= 0.6 is 0 Å². The highest BCUT2D eigenvalue weighted by Gasteiger charge is 2.24. The van der Waals surface area contributed by atoms with Crippen LogP contribution < -0.4 is 19.5 Å². The molecule has 174 valence electrons. The number of methoxy groups -OCH3 is 3. The Hall–Kier alpha value is -2.36. The maximum Gasteiger partial charge on any atom is 0.244 e. The van der Waals surface area contributed by atoms with E-state index in [0.29, 0.717) is 53.6 Å². The van der Waals surface area contributed by atoms with Crippen molar-refractivity contribution in [3.63, 3.8) is 0 Å². The molecule has 2 unspecified atom stereocenters. The van der Waals surface area contributed by atoms with Gasteiger partial charge in [-0.2, -0.15) is 4.98 Å². The van der Waals surface area contributed by atoms with Crippen molar-refractivity contribution in [3.8, 4) is 28.6 Å². The standard InChI is InChI=1S/C22H35N3O6/c1-13(2)11-30-12-16(26)10-23-19(14(3)4)22-24-21(25-31-22)15-8-17(27-5)20(29-7)18(9-15)28-6/h8-9,13-14,16,19,23,26H,10-12H2,1-7H3. The first-order valence-electron chi connectivity index (χ1n) is 10.4. The summed E-state index contributed by atoms with van der Waals surface area (Å²) in [5.41, 5.74) is 0.675. The first-order valence-corrected chi connectivity index (χ1v) is 10.4. The zero-order valence-electron chi connectivity index (χ0n) is 19.5. The second-order valence-corrected chi connectivity index (χ2v) is 8.09. The van der Waals surface area contributed by atoms with Gasteiger partial charge in [0.15, 0.2) is 11.5 Å². The summed E-state index contributed by atoms with van der Waals surface area (Å²) in [5.74, 6) is 2.94. The second kappa shape index (κ2) is 11.9. The number of hydrogen-bond acceptors (Lipinski definition) is 9. The quantitative estimate of drug-likeness (QED) is 0.489. The summed E-state index contributed by atoms with van der Waals surface area (Å²) < 4.78 is 27.2. The highest BCUT2D eigenvalue weighted by atomic mass is 16.5. The molecule has 0 aliphatic heterocycles. The maximum atomic E-state index is 10.2. The van der Waals surface area contributed by atoms with E-state index in [4.69, 9.17) is 23.5 Å². The average Bonchev–Trinajstić information content (AvgIpc) is 3.22. The van der Waals surface area contributed by atoms with Crippen molar-refractivity contribution >= 4 is 0 Å². The first kappa shape index (κ1) is 24.9. The molecule has 0 saturated heterocycles. The third kappa shape index (κ3) is 6.81. The predicted octanol–water partition coefficient (Wildman–Crippen LogP) is 3.08. The van der Waals surface area contributed by atoms with Gasteiger partial charge in [-0.3, -0.25) is 0 Å². The number of aliphatic hydroxyl groups is 1. The minimum absolute atomic E-state index is 0.164. The molecule has 9 nitrogen and oxygen atoms in total. The zero-order valence-corrected chi connectivity index (χ0v) is 19.5. The lowest BCUT2D eigenvalue weighted by Crippen LogP contribution is -2.35. The third-order valence-electron chi connectivity index (χ3n) is 4.63. The van der Waals surface area contributed by atoms with Crippen molar-refractivity contribution in [3.05, 3.63) is 18.0 Å². The topological polar surface area (TPSA) is 108 Å². The summed E-state index contributed by atoms with van der Waals surface area (Å²) in [5, 5.41) is 17.6. The van der Waals surface area contributed by atoms with E-state index in [1.54, 1.807) is 33.5 Å². The summed E-state index contributed by atoms with van der Waals surface area (Å²) in [6.07, 6.45) is -0.627. The van der Waals surface area contributed by atoms with E-state index in [9.17, 15) is 5.11 Å². The van der Waals surface area contributed by atoms with Gasteiger partial charge in [-0.25, -0.2) is 0 Å². The molecule has 1 aromatic heterocycles. The van der Waals surface area contributed by atoms with Crippen molar-refractivity contribution in [2.75, 3.05) is 41.1 Å². The van der Waals surface area contributed by atoms with Gasteiger partial charge in [0.25, 0.3) is 0 Å². The van der Waals surface area contributed by atoms with Gasteiger partial charge in [0.05, 0.1) is 40.1 Å². The van der Waals surface area contributed by atoms with Gasteiger partial charge in [-0.15, -0.1) is 0 Å². The van der Waals surface area contributed by atoms with Gasteiger partial charge < -0.3 is 33.9 Å². The van der Waals surface area contributed by atoms with Crippen LogP contribution in [0.1, 0.15) is 39.6 Å². The largest absolute Gasteiger partial charge is 0.493 e. The first-order chi connectivity index (χ1) is 14.8. The predicted molar refractivity (Wildman–Crippen MR) is 117 cm³/mol. The molecule has 0 bridgehead atoms. The van der Waals surface area contributed by atoms with E-state index >= 15 is 0 Å². The summed E-state index contributed by atoms with van der Waals surface area (Å²) in [4.78, 5) is 4.57. The summed E-state index contributed by atoms with van der Waals surface area (Å²) >= 11 is 0. The van der Waals surface area contributed by atoms with Crippen LogP contribution in [0.15, 0.2) is 16.7 Å². The van der Waals surface area contributed by atoms with Crippen LogP contribution in [0.2, 0.25) is 0 Å². The van der Waals surface area contributed by atoms with Gasteiger partial charge in [0, 0.05) is 18.7 Å². The Morgan fingerprint density at radius 2 is 1.65 bits per heavy atom. The molecule has 2 atom stereocenters. The molecule has 1 heterocycles. The zero-order chi connectivity index (χ0) is 23.0. The number of nitrogens with one attached hydrogen (secondary N) is 1. The van der Waals surface area contributed by atoms with Gasteiger partial charge in [0.1, 0.15) is 0 Å². The lowest BCUT2D eigenvalue weighted by Gasteiger charge is -2.21. The third-order valence-corrected chi connectivity index (χ3v) is 4.63. The Morgan fingerprint density at radius 3 is 2.16 bits per heavy atom. The van der Waals surface area contributed by atoms with E-state index in [2.05, 4.69) is 29.3 Å². The number of nitrogens with zero attached hydrogens (tertiary/aromatic N) is 2. The Bertz CT molecular complexity index is 783. The normalized spacial score (nSPS) is 13.5. The molecule has 9 heteroatoms. The fourth-order valence-electron chi connectivity index (χ4n) is 3.06. The van der Waals surface area contributed by atoms with E-state index in [1.165, 1.54) is 0 Å². The highest BCUT2D eigenvalue weighted by molar-refractivity contribution is 5.66. The Kier molecular flexibility index (Phi) is 9.54. The van der Waals surface area contributed by atoms with Crippen molar-refractivity contribution in [2.24, 2.45) is 11.8 Å². The van der Waals surface area contributed by atoms with E-state index < -0.39 is 6.10 Å². The van der Waals surface area contributed by atoms with Crippen LogP contribution in [0.5, 0.6) is 17.2 Å². The van der Waals surface area contributed by atoms with Gasteiger partial charge in [-0.1, -0.05) is 32.9 Å². The lowest BCUT2D eigenvalue weighted by atomic mass is 10.0. The number of rotatable bonds is 13. The SMILES string of the molecule is COc1cc(-c2noc(C(NCC(O)COCC(C)C)C(C)C)n2)cc(OC)c1OC. The Labute approximate surface area is 184 Å². The van der Waals surface area contributed by atoms with Crippen molar-refractivity contribution in [1.29, 1.82) is 0 Å². The Morgan fingerprint density at radius 1 is 1.00 bits per heavy atom. The van der Waals surface area contributed by atoms with Crippen LogP contribution in [0.3, 0.4) is 0 Å². The van der Waals surface area contributed by atoms with Gasteiger partial charge >= 0.3 is 0 Å². The van der Waals surface area contributed by atoms with Gasteiger partial charge in [-0.05, 0) is 24.0 Å². The second-order valence-electron chi connectivity index (χ2n) is 8.09. The van der Waals surface area contributed by atoms with E-state index in [-0.39, 0.29) is 18.6 Å². The minimum Gasteiger partial charge on any atom is -0.493 e. The maximum absolute atomic E-state index is 10.2. The number of hydrogen-bond donors (Lipinski definition) is 2. The molecule has 0 radical (unpaired) electrons. The van der Waals surface area contributed by atoms with E-state index in [1.807, 2.05) is 13.8 Å². The fourth-order valence-corrected chi connectivity index (χ4v) is 3.06. The van der Waals surface area contributed by atoms with Crippen LogP contribution in [0.25, 0.3) is 11.4 Å². The number of aromatic nitrogens is 2. The minimum atomic E-state index is -0.627. The van der Waals surface area contributed by atoms with Crippen LogP contribution in [0.4, 0.5) is 0 Å². The average molecular weight is 438 g/mol. The molecule has 2 aromatic rings. The molecule has 0 spiro atoms. The molecular weight excluding hydrogens is 402 g/mol. The van der Waals surface area contributed by atoms with E-state index in [0.717, 1.165) is 0 Å². The molecule has 2 N–H and O–H groups in total. The molecule has 0 aliphatic rings.